The van der Waals surface area contributed by atoms with Crippen LogP contribution in [0.3, 0.4) is 0 Å². The molecule has 0 spiro atoms. The highest BCUT2D eigenvalue weighted by atomic mass is 16.7. The average Bonchev–Trinajstić information content (AvgIpc) is 2.73. The van der Waals surface area contributed by atoms with Gasteiger partial charge in [0.05, 0.1) is 18.8 Å². The van der Waals surface area contributed by atoms with Crippen molar-refractivity contribution in [2.24, 2.45) is 5.73 Å². The Labute approximate surface area is 172 Å². The minimum atomic E-state index is -0.308. The first-order valence-electron chi connectivity index (χ1n) is 11.6. The molecule has 0 saturated carbocycles. The van der Waals surface area contributed by atoms with E-state index in [0.717, 1.165) is 12.0 Å². The molecule has 1 aromatic carbocycles. The van der Waals surface area contributed by atoms with Gasteiger partial charge in [0, 0.05) is 5.56 Å². The van der Waals surface area contributed by atoms with E-state index in [9.17, 15) is 0 Å². The van der Waals surface area contributed by atoms with Crippen molar-refractivity contribution in [3.8, 4) is 0 Å². The normalized spacial score (nSPS) is 22.7. The van der Waals surface area contributed by atoms with Gasteiger partial charge in [0.15, 0.2) is 6.29 Å². The zero-order chi connectivity index (χ0) is 19.9. The van der Waals surface area contributed by atoms with Gasteiger partial charge in [0.1, 0.15) is 0 Å². The predicted molar refractivity (Wildman–Crippen MR) is 118 cm³/mol. The van der Waals surface area contributed by atoms with E-state index in [0.29, 0.717) is 6.61 Å². The maximum absolute atomic E-state index is 6.17. The molecular weight excluding hydrogens is 346 g/mol. The maximum Gasteiger partial charge on any atom is 0.184 e. The highest BCUT2D eigenvalue weighted by Gasteiger charge is 2.28. The quantitative estimate of drug-likeness (QED) is 0.286. The fraction of sp³-hybridized carbons (Fsp3) is 0.680. The third-order valence-electron chi connectivity index (χ3n) is 5.51. The third kappa shape index (κ3) is 9.36. The van der Waals surface area contributed by atoms with Crippen LogP contribution in [0.1, 0.15) is 95.8 Å². The standard InChI is InChI=1S/C25H41NO2/c1-2-3-4-5-6-7-8-9-10-11-12-13-17-20-24-23(26)21-27-25(28-24)22-18-15-14-16-19-22/h14-20,23-25H,2-13,21,26H2,1H3/b20-17+/t23-,24-,25+/m0/s1. The number of ether oxygens (including phenoxy) is 2. The van der Waals surface area contributed by atoms with Crippen molar-refractivity contribution in [2.75, 3.05) is 6.61 Å². The second-order valence-electron chi connectivity index (χ2n) is 8.09. The van der Waals surface area contributed by atoms with Gasteiger partial charge in [-0.2, -0.15) is 0 Å². The van der Waals surface area contributed by atoms with E-state index < -0.39 is 0 Å². The first-order valence-corrected chi connectivity index (χ1v) is 11.6. The number of nitrogens with two attached hydrogens (primary N) is 1. The zero-order valence-corrected chi connectivity index (χ0v) is 17.9. The molecule has 1 aliphatic rings. The van der Waals surface area contributed by atoms with Gasteiger partial charge in [-0.3, -0.25) is 0 Å². The van der Waals surface area contributed by atoms with Gasteiger partial charge in [-0.1, -0.05) is 114 Å². The Morgan fingerprint density at radius 3 is 2.14 bits per heavy atom. The van der Waals surface area contributed by atoms with Crippen LogP contribution in [0.4, 0.5) is 0 Å². The molecule has 2 rings (SSSR count). The second kappa shape index (κ2) is 14.8. The van der Waals surface area contributed by atoms with E-state index in [2.05, 4.69) is 19.1 Å². The summed E-state index contributed by atoms with van der Waals surface area (Å²) in [6, 6.07) is 10.00. The third-order valence-corrected chi connectivity index (χ3v) is 5.51. The summed E-state index contributed by atoms with van der Waals surface area (Å²) < 4.78 is 11.8. The van der Waals surface area contributed by atoms with Gasteiger partial charge in [-0.05, 0) is 12.8 Å². The number of rotatable bonds is 14. The van der Waals surface area contributed by atoms with Crippen LogP contribution in [-0.2, 0) is 9.47 Å². The molecule has 28 heavy (non-hydrogen) atoms. The number of unbranched alkanes of at least 4 members (excludes halogenated alkanes) is 11. The van der Waals surface area contributed by atoms with E-state index >= 15 is 0 Å². The molecule has 0 amide bonds. The molecule has 1 aromatic rings. The molecule has 0 radical (unpaired) electrons. The average molecular weight is 388 g/mol. The van der Waals surface area contributed by atoms with Crippen molar-refractivity contribution >= 4 is 0 Å². The van der Waals surface area contributed by atoms with Crippen LogP contribution in [0.15, 0.2) is 42.5 Å². The smallest absolute Gasteiger partial charge is 0.184 e. The van der Waals surface area contributed by atoms with Crippen molar-refractivity contribution < 1.29 is 9.47 Å². The van der Waals surface area contributed by atoms with E-state index in [1.807, 2.05) is 30.3 Å². The van der Waals surface area contributed by atoms with Crippen LogP contribution in [0.2, 0.25) is 0 Å². The van der Waals surface area contributed by atoms with Crippen molar-refractivity contribution in [1.82, 2.24) is 0 Å². The lowest BCUT2D eigenvalue weighted by Crippen LogP contribution is -2.45. The van der Waals surface area contributed by atoms with Gasteiger partial charge in [-0.25, -0.2) is 0 Å². The monoisotopic (exact) mass is 387 g/mol. The molecule has 1 saturated heterocycles. The molecule has 3 nitrogen and oxygen atoms in total. The van der Waals surface area contributed by atoms with Crippen LogP contribution >= 0.6 is 0 Å². The number of benzene rings is 1. The summed E-state index contributed by atoms with van der Waals surface area (Å²) in [7, 11) is 0. The van der Waals surface area contributed by atoms with E-state index in [4.69, 9.17) is 15.2 Å². The summed E-state index contributed by atoms with van der Waals surface area (Å²) in [5, 5.41) is 0. The minimum absolute atomic E-state index is 0.0633. The Balaban J connectivity index is 1.51. The Morgan fingerprint density at radius 1 is 0.893 bits per heavy atom. The highest BCUT2D eigenvalue weighted by Crippen LogP contribution is 2.26. The minimum Gasteiger partial charge on any atom is -0.347 e. The van der Waals surface area contributed by atoms with Crippen LogP contribution in [0.5, 0.6) is 0 Å². The zero-order valence-electron chi connectivity index (χ0n) is 17.9. The molecule has 158 valence electrons. The molecule has 0 aromatic heterocycles. The first-order chi connectivity index (χ1) is 13.8. The first kappa shape index (κ1) is 23.1. The number of hydrogen-bond acceptors (Lipinski definition) is 3. The van der Waals surface area contributed by atoms with Gasteiger partial charge >= 0.3 is 0 Å². The Bertz CT molecular complexity index is 517. The Morgan fingerprint density at radius 2 is 1.50 bits per heavy atom. The molecule has 0 bridgehead atoms. The summed E-state index contributed by atoms with van der Waals surface area (Å²) in [4.78, 5) is 0. The predicted octanol–water partition coefficient (Wildman–Crippen LogP) is 6.69. The van der Waals surface area contributed by atoms with Crippen molar-refractivity contribution in [3.63, 3.8) is 0 Å². The molecule has 1 fully saturated rings. The number of hydrogen-bond donors (Lipinski definition) is 1. The fourth-order valence-electron chi connectivity index (χ4n) is 3.71. The van der Waals surface area contributed by atoms with Crippen molar-refractivity contribution in [1.29, 1.82) is 0 Å². The number of allylic oxidation sites excluding steroid dienone is 1. The fourth-order valence-corrected chi connectivity index (χ4v) is 3.71. The Kier molecular flexibility index (Phi) is 12.2. The molecule has 0 unspecified atom stereocenters. The van der Waals surface area contributed by atoms with Crippen LogP contribution < -0.4 is 5.73 Å². The molecule has 0 aliphatic carbocycles. The highest BCUT2D eigenvalue weighted by molar-refractivity contribution is 5.16. The van der Waals surface area contributed by atoms with E-state index in [-0.39, 0.29) is 18.4 Å². The summed E-state index contributed by atoms with van der Waals surface area (Å²) in [5.41, 5.74) is 7.22. The van der Waals surface area contributed by atoms with Crippen LogP contribution in [0, 0.1) is 0 Å². The van der Waals surface area contributed by atoms with Gasteiger partial charge in [0.25, 0.3) is 0 Å². The lowest BCUT2D eigenvalue weighted by Gasteiger charge is -2.33. The molecule has 1 heterocycles. The van der Waals surface area contributed by atoms with E-state index in [1.165, 1.54) is 70.6 Å². The molecular formula is C25H41NO2. The molecule has 1 aliphatic heterocycles. The van der Waals surface area contributed by atoms with Crippen molar-refractivity contribution in [2.45, 2.75) is 102 Å². The largest absolute Gasteiger partial charge is 0.347 e. The SMILES string of the molecule is CCCCCCCCCCCCC/C=C/[C@@H]1O[C@H](c2ccccc2)OC[C@@H]1N. The van der Waals surface area contributed by atoms with Gasteiger partial charge in [0.2, 0.25) is 0 Å². The van der Waals surface area contributed by atoms with E-state index in [1.54, 1.807) is 0 Å². The van der Waals surface area contributed by atoms with Crippen LogP contribution in [0.25, 0.3) is 0 Å². The Hall–Kier alpha value is -1.16. The van der Waals surface area contributed by atoms with Crippen LogP contribution in [-0.4, -0.2) is 18.8 Å². The summed E-state index contributed by atoms with van der Waals surface area (Å²) in [5.74, 6) is 0. The summed E-state index contributed by atoms with van der Waals surface area (Å²) >= 11 is 0. The lowest BCUT2D eigenvalue weighted by atomic mass is 10.0. The molecule has 2 N–H and O–H groups in total. The van der Waals surface area contributed by atoms with Gasteiger partial charge < -0.3 is 15.2 Å². The van der Waals surface area contributed by atoms with Gasteiger partial charge in [-0.15, -0.1) is 0 Å². The summed E-state index contributed by atoms with van der Waals surface area (Å²) in [6.45, 7) is 2.81. The summed E-state index contributed by atoms with van der Waals surface area (Å²) in [6.07, 6.45) is 20.3. The topological polar surface area (TPSA) is 44.5 Å². The van der Waals surface area contributed by atoms with Crippen molar-refractivity contribution in [3.05, 3.63) is 48.0 Å². The maximum atomic E-state index is 6.17. The lowest BCUT2D eigenvalue weighted by molar-refractivity contribution is -0.212. The molecule has 3 heteroatoms. The molecule has 3 atom stereocenters. The second-order valence-corrected chi connectivity index (χ2v) is 8.09.